The summed E-state index contributed by atoms with van der Waals surface area (Å²) in [4.78, 5) is 2.40. The Labute approximate surface area is 367 Å². The van der Waals surface area contributed by atoms with Gasteiger partial charge in [0.15, 0.2) is 0 Å². The summed E-state index contributed by atoms with van der Waals surface area (Å²) in [5, 5.41) is 12.5. The second-order valence-electron chi connectivity index (χ2n) is 16.4. The van der Waals surface area contributed by atoms with E-state index in [2.05, 4.69) is 254 Å². The molecule has 0 heterocycles. The number of rotatable bonds is 7. The van der Waals surface area contributed by atoms with E-state index in [1.807, 2.05) is 0 Å². The van der Waals surface area contributed by atoms with Crippen LogP contribution in [-0.2, 0) is 0 Å². The summed E-state index contributed by atoms with van der Waals surface area (Å²) in [5.41, 5.74) is 13.0. The highest BCUT2D eigenvalue weighted by Crippen LogP contribution is 2.46. The first-order chi connectivity index (χ1) is 31.2. The molecule has 12 aromatic rings. The Bertz CT molecular complexity index is 3660. The molecule has 0 aliphatic rings. The van der Waals surface area contributed by atoms with Crippen LogP contribution >= 0.6 is 0 Å². The van der Waals surface area contributed by atoms with Gasteiger partial charge < -0.3 is 4.90 Å². The van der Waals surface area contributed by atoms with Gasteiger partial charge >= 0.3 is 0 Å². The van der Waals surface area contributed by atoms with Crippen LogP contribution in [0.5, 0.6) is 0 Å². The van der Waals surface area contributed by atoms with Crippen molar-refractivity contribution in [3.05, 3.63) is 249 Å². The lowest BCUT2D eigenvalue weighted by atomic mass is 9.84. The maximum Gasteiger partial charge on any atom is 0.0468 e. The smallest absolute Gasteiger partial charge is 0.0468 e. The van der Waals surface area contributed by atoms with E-state index in [1.54, 1.807) is 0 Å². The number of benzene rings is 12. The third-order valence-electron chi connectivity index (χ3n) is 12.8. The number of nitrogens with zero attached hydrogens (tertiary/aromatic N) is 1. The average molecular weight is 800 g/mol. The first-order valence-corrected chi connectivity index (χ1v) is 21.7. The first kappa shape index (κ1) is 36.6. The molecule has 0 amide bonds. The molecular formula is C62H41N. The molecule has 63 heavy (non-hydrogen) atoms. The number of hydrogen-bond donors (Lipinski definition) is 0. The van der Waals surface area contributed by atoms with Crippen molar-refractivity contribution in [2.75, 3.05) is 4.90 Å². The molecule has 0 aliphatic heterocycles. The van der Waals surface area contributed by atoms with Crippen molar-refractivity contribution in [2.24, 2.45) is 0 Å². The van der Waals surface area contributed by atoms with E-state index < -0.39 is 0 Å². The van der Waals surface area contributed by atoms with Gasteiger partial charge in [-0.2, -0.15) is 0 Å². The minimum atomic E-state index is 1.10. The van der Waals surface area contributed by atoms with E-state index in [0.29, 0.717) is 0 Å². The fraction of sp³-hybridized carbons (Fsp3) is 0. The fourth-order valence-electron chi connectivity index (χ4n) is 9.85. The molecule has 12 rings (SSSR count). The second kappa shape index (κ2) is 15.3. The van der Waals surface area contributed by atoms with E-state index in [0.717, 1.165) is 22.6 Å². The molecule has 0 radical (unpaired) electrons. The first-order valence-electron chi connectivity index (χ1n) is 21.7. The van der Waals surface area contributed by atoms with Gasteiger partial charge in [-0.1, -0.05) is 200 Å². The standard InChI is InChI=1S/C62H41N/c1-3-17-44(18-4-1)61-58-29-14-13-27-55(58)57-37-33-48(40-60(57)62(61)45-19-5-2-6-20-45)47-23-15-24-51(39-47)63(52-36-30-42-16-7-8-21-46(42)38-52)50-34-31-43(32-35-50)59-41-49-22-9-10-25-53(49)54-26-11-12-28-56(54)59/h1-41H. The molecule has 1 heteroatoms. The van der Waals surface area contributed by atoms with Crippen LogP contribution in [0, 0.1) is 0 Å². The third-order valence-corrected chi connectivity index (χ3v) is 12.8. The summed E-state index contributed by atoms with van der Waals surface area (Å²) in [6.45, 7) is 0. The maximum atomic E-state index is 2.42. The van der Waals surface area contributed by atoms with Gasteiger partial charge in [-0.15, -0.1) is 0 Å². The van der Waals surface area contributed by atoms with Crippen molar-refractivity contribution < 1.29 is 0 Å². The predicted molar refractivity (Wildman–Crippen MR) is 270 cm³/mol. The Balaban J connectivity index is 1.03. The normalized spacial score (nSPS) is 11.5. The summed E-state index contributed by atoms with van der Waals surface area (Å²) in [6.07, 6.45) is 0. The molecule has 0 fully saturated rings. The minimum Gasteiger partial charge on any atom is -0.310 e. The summed E-state index contributed by atoms with van der Waals surface area (Å²) in [6, 6.07) is 91.1. The van der Waals surface area contributed by atoms with E-state index in [1.165, 1.54) is 92.8 Å². The SMILES string of the molecule is c1ccc(-c2c(-c3ccccc3)c3cc(-c4cccc(N(c5ccc(-c6cc7ccccc7c7ccccc67)cc5)c5ccc6ccccc6c5)c4)ccc3c3ccccc23)cc1. The molecule has 0 unspecified atom stereocenters. The van der Waals surface area contributed by atoms with Crippen LogP contribution in [0.3, 0.4) is 0 Å². The van der Waals surface area contributed by atoms with Crippen LogP contribution < -0.4 is 4.90 Å². The second-order valence-corrected chi connectivity index (χ2v) is 16.4. The largest absolute Gasteiger partial charge is 0.310 e. The molecule has 0 spiro atoms. The van der Waals surface area contributed by atoms with E-state index >= 15 is 0 Å². The molecular weight excluding hydrogens is 759 g/mol. The Morgan fingerprint density at radius 3 is 1.43 bits per heavy atom. The lowest BCUT2D eigenvalue weighted by Gasteiger charge is -2.27. The molecule has 0 saturated carbocycles. The van der Waals surface area contributed by atoms with Crippen molar-refractivity contribution in [1.29, 1.82) is 0 Å². The zero-order valence-electron chi connectivity index (χ0n) is 34.6. The van der Waals surface area contributed by atoms with Gasteiger partial charge in [0.1, 0.15) is 0 Å². The van der Waals surface area contributed by atoms with Gasteiger partial charge in [-0.25, -0.2) is 0 Å². The molecule has 0 N–H and O–H groups in total. The van der Waals surface area contributed by atoms with Crippen LogP contribution in [0.1, 0.15) is 0 Å². The summed E-state index contributed by atoms with van der Waals surface area (Å²) in [7, 11) is 0. The van der Waals surface area contributed by atoms with Gasteiger partial charge in [-0.3, -0.25) is 0 Å². The molecule has 0 aromatic heterocycles. The lowest BCUT2D eigenvalue weighted by molar-refractivity contribution is 1.29. The van der Waals surface area contributed by atoms with Crippen molar-refractivity contribution in [1.82, 2.24) is 0 Å². The van der Waals surface area contributed by atoms with Crippen molar-refractivity contribution in [2.45, 2.75) is 0 Å². The van der Waals surface area contributed by atoms with E-state index in [4.69, 9.17) is 0 Å². The van der Waals surface area contributed by atoms with Crippen molar-refractivity contribution in [3.63, 3.8) is 0 Å². The fourth-order valence-corrected chi connectivity index (χ4v) is 9.85. The highest BCUT2D eigenvalue weighted by atomic mass is 15.1. The van der Waals surface area contributed by atoms with Crippen LogP contribution in [0.15, 0.2) is 249 Å². The summed E-state index contributed by atoms with van der Waals surface area (Å²) < 4.78 is 0. The van der Waals surface area contributed by atoms with Crippen LogP contribution in [0.25, 0.3) is 98.4 Å². The summed E-state index contributed by atoms with van der Waals surface area (Å²) >= 11 is 0. The number of hydrogen-bond acceptors (Lipinski definition) is 1. The molecule has 0 atom stereocenters. The Hall–Kier alpha value is -8.26. The molecule has 12 aromatic carbocycles. The number of fused-ring (bicyclic) bond motifs is 7. The molecule has 0 aliphatic carbocycles. The minimum absolute atomic E-state index is 1.10. The molecule has 1 nitrogen and oxygen atoms in total. The monoisotopic (exact) mass is 799 g/mol. The highest BCUT2D eigenvalue weighted by molar-refractivity contribution is 6.22. The maximum absolute atomic E-state index is 2.42. The van der Waals surface area contributed by atoms with Crippen LogP contribution in [0.2, 0.25) is 0 Å². The summed E-state index contributed by atoms with van der Waals surface area (Å²) in [5.74, 6) is 0. The Morgan fingerprint density at radius 2 is 0.698 bits per heavy atom. The zero-order valence-corrected chi connectivity index (χ0v) is 34.6. The Kier molecular flexibility index (Phi) is 8.90. The van der Waals surface area contributed by atoms with Crippen molar-refractivity contribution in [3.8, 4) is 44.5 Å². The molecule has 0 saturated heterocycles. The Morgan fingerprint density at radius 1 is 0.206 bits per heavy atom. The quantitative estimate of drug-likeness (QED) is 0.145. The number of anilines is 3. The highest BCUT2D eigenvalue weighted by Gasteiger charge is 2.20. The third kappa shape index (κ3) is 6.42. The van der Waals surface area contributed by atoms with E-state index in [9.17, 15) is 0 Å². The molecule has 294 valence electrons. The zero-order chi connectivity index (χ0) is 41.7. The van der Waals surface area contributed by atoms with Crippen molar-refractivity contribution >= 4 is 70.9 Å². The predicted octanol–water partition coefficient (Wildman–Crippen LogP) is 17.6. The van der Waals surface area contributed by atoms with E-state index in [-0.39, 0.29) is 0 Å². The van der Waals surface area contributed by atoms with Crippen LogP contribution in [0.4, 0.5) is 17.1 Å². The van der Waals surface area contributed by atoms with Gasteiger partial charge in [0.2, 0.25) is 0 Å². The van der Waals surface area contributed by atoms with Gasteiger partial charge in [0.25, 0.3) is 0 Å². The molecule has 0 bridgehead atoms. The average Bonchev–Trinajstić information content (AvgIpc) is 3.36. The van der Waals surface area contributed by atoms with Gasteiger partial charge in [-0.05, 0) is 147 Å². The van der Waals surface area contributed by atoms with Gasteiger partial charge in [0, 0.05) is 17.1 Å². The van der Waals surface area contributed by atoms with Gasteiger partial charge in [0.05, 0.1) is 0 Å². The lowest BCUT2D eigenvalue weighted by Crippen LogP contribution is -2.10. The van der Waals surface area contributed by atoms with Crippen LogP contribution in [-0.4, -0.2) is 0 Å². The topological polar surface area (TPSA) is 3.24 Å².